The summed E-state index contributed by atoms with van der Waals surface area (Å²) in [5.41, 5.74) is 8.39. The smallest absolute Gasteiger partial charge is 0.170 e. The summed E-state index contributed by atoms with van der Waals surface area (Å²) in [6.07, 6.45) is 1.85. The Hall–Kier alpha value is -3.44. The largest absolute Gasteiger partial charge is 0.352 e. The molecule has 4 aromatic rings. The summed E-state index contributed by atoms with van der Waals surface area (Å²) in [5, 5.41) is 4.34. The second-order valence-electron chi connectivity index (χ2n) is 8.74. The average molecular weight is 453 g/mol. The van der Waals surface area contributed by atoms with Crippen LogP contribution in [-0.2, 0) is 6.54 Å². The van der Waals surface area contributed by atoms with Crippen molar-refractivity contribution in [3.05, 3.63) is 119 Å². The molecule has 1 fully saturated rings. The maximum absolute atomic E-state index is 5.87. The highest BCUT2D eigenvalue weighted by atomic mass is 32.1. The van der Waals surface area contributed by atoms with Gasteiger partial charge in [-0.3, -0.25) is 4.98 Å². The quantitative estimate of drug-likeness (QED) is 0.378. The van der Waals surface area contributed by atoms with Gasteiger partial charge >= 0.3 is 0 Å². The van der Waals surface area contributed by atoms with Crippen LogP contribution in [0.25, 0.3) is 5.69 Å². The Morgan fingerprint density at radius 2 is 1.70 bits per heavy atom. The van der Waals surface area contributed by atoms with Gasteiger partial charge in [0, 0.05) is 29.8 Å². The summed E-state index contributed by atoms with van der Waals surface area (Å²) < 4.78 is 2.35. The van der Waals surface area contributed by atoms with Gasteiger partial charge in [-0.15, -0.1) is 0 Å². The first-order valence-corrected chi connectivity index (χ1v) is 11.7. The number of thiocarbonyl (C=S) groups is 1. The Balaban J connectivity index is 1.62. The van der Waals surface area contributed by atoms with Crippen LogP contribution in [0.4, 0.5) is 0 Å². The van der Waals surface area contributed by atoms with Gasteiger partial charge in [0.2, 0.25) is 0 Å². The molecule has 0 amide bonds. The maximum Gasteiger partial charge on any atom is 0.170 e. The zero-order chi connectivity index (χ0) is 22.9. The van der Waals surface area contributed by atoms with Crippen molar-refractivity contribution < 1.29 is 0 Å². The second-order valence-corrected chi connectivity index (χ2v) is 9.13. The van der Waals surface area contributed by atoms with Crippen molar-refractivity contribution in [1.82, 2.24) is 19.8 Å². The summed E-state index contributed by atoms with van der Waals surface area (Å²) in [7, 11) is 0. The molecule has 0 unspecified atom stereocenters. The van der Waals surface area contributed by atoms with E-state index in [-0.39, 0.29) is 12.1 Å². The van der Waals surface area contributed by atoms with E-state index in [2.05, 4.69) is 101 Å². The average Bonchev–Trinajstić information content (AvgIpc) is 3.30. The first-order valence-electron chi connectivity index (χ1n) is 11.3. The standard InChI is InChI=1S/C28H28N4S/c1-19-10-9-13-23(16-19)32-20(2)17-24(21(32)3)27-26(25-14-7-8-15-29-25)30-28(33)31(27)18-22-11-5-4-6-12-22/h4-17,26-27H,18H2,1-3H3,(H,30,33)/t26-,27+/m0/s1. The Bertz CT molecular complexity index is 1280. The molecule has 1 N–H and O–H groups in total. The molecule has 0 spiro atoms. The van der Waals surface area contributed by atoms with Crippen molar-refractivity contribution in [1.29, 1.82) is 0 Å². The number of aromatic nitrogens is 2. The zero-order valence-corrected chi connectivity index (χ0v) is 20.0. The van der Waals surface area contributed by atoms with E-state index in [4.69, 9.17) is 12.2 Å². The van der Waals surface area contributed by atoms with Gasteiger partial charge in [-0.1, -0.05) is 48.5 Å². The van der Waals surface area contributed by atoms with Crippen LogP contribution in [0.3, 0.4) is 0 Å². The molecule has 1 aliphatic rings. The van der Waals surface area contributed by atoms with Crippen LogP contribution >= 0.6 is 12.2 Å². The molecule has 2 atom stereocenters. The molecule has 3 heterocycles. The molecule has 5 rings (SSSR count). The summed E-state index contributed by atoms with van der Waals surface area (Å²) in [6.45, 7) is 7.27. The molecule has 33 heavy (non-hydrogen) atoms. The van der Waals surface area contributed by atoms with Gasteiger partial charge in [-0.05, 0) is 80.0 Å². The van der Waals surface area contributed by atoms with Crippen molar-refractivity contribution >= 4 is 17.3 Å². The molecule has 2 aromatic heterocycles. The van der Waals surface area contributed by atoms with E-state index in [1.54, 1.807) is 0 Å². The topological polar surface area (TPSA) is 33.1 Å². The highest BCUT2D eigenvalue weighted by Gasteiger charge is 2.41. The van der Waals surface area contributed by atoms with Gasteiger partial charge in [-0.25, -0.2) is 0 Å². The first kappa shape index (κ1) is 21.4. The molecule has 0 bridgehead atoms. The van der Waals surface area contributed by atoms with Gasteiger partial charge in [0.05, 0.1) is 17.8 Å². The highest BCUT2D eigenvalue weighted by Crippen LogP contribution is 2.42. The predicted octanol–water partition coefficient (Wildman–Crippen LogP) is 5.97. The molecule has 0 radical (unpaired) electrons. The number of benzene rings is 2. The highest BCUT2D eigenvalue weighted by molar-refractivity contribution is 7.80. The maximum atomic E-state index is 5.87. The number of nitrogens with zero attached hydrogens (tertiary/aromatic N) is 3. The van der Waals surface area contributed by atoms with Crippen molar-refractivity contribution in [3.63, 3.8) is 0 Å². The Labute approximate surface area is 200 Å². The van der Waals surface area contributed by atoms with Crippen molar-refractivity contribution in [2.75, 3.05) is 0 Å². The molecule has 1 saturated heterocycles. The minimum absolute atomic E-state index is 0.0196. The lowest BCUT2D eigenvalue weighted by Gasteiger charge is -2.28. The van der Waals surface area contributed by atoms with Crippen molar-refractivity contribution in [3.8, 4) is 5.69 Å². The summed E-state index contributed by atoms with van der Waals surface area (Å²) in [6, 6.07) is 27.6. The van der Waals surface area contributed by atoms with E-state index < -0.39 is 0 Å². The number of hydrogen-bond donors (Lipinski definition) is 1. The fraction of sp³-hybridized carbons (Fsp3) is 0.214. The molecule has 0 aliphatic carbocycles. The van der Waals surface area contributed by atoms with Gasteiger partial charge in [0.15, 0.2) is 5.11 Å². The third-order valence-electron chi connectivity index (χ3n) is 6.44. The summed E-state index contributed by atoms with van der Waals surface area (Å²) in [4.78, 5) is 7.00. The molecular weight excluding hydrogens is 424 g/mol. The van der Waals surface area contributed by atoms with E-state index in [1.165, 1.54) is 33.8 Å². The Morgan fingerprint density at radius 1 is 0.909 bits per heavy atom. The molecule has 5 heteroatoms. The molecule has 0 saturated carbocycles. The van der Waals surface area contributed by atoms with Crippen molar-refractivity contribution in [2.24, 2.45) is 0 Å². The first-order chi connectivity index (χ1) is 16.0. The third-order valence-corrected chi connectivity index (χ3v) is 6.79. The second kappa shape index (κ2) is 8.83. The lowest BCUT2D eigenvalue weighted by molar-refractivity contribution is 0.310. The number of pyridine rings is 1. The van der Waals surface area contributed by atoms with Crippen LogP contribution < -0.4 is 5.32 Å². The van der Waals surface area contributed by atoms with Gasteiger partial charge in [-0.2, -0.15) is 0 Å². The zero-order valence-electron chi connectivity index (χ0n) is 19.2. The molecule has 4 nitrogen and oxygen atoms in total. The number of rotatable bonds is 5. The Morgan fingerprint density at radius 3 is 2.42 bits per heavy atom. The Kier molecular flexibility index (Phi) is 5.73. The van der Waals surface area contributed by atoms with Crippen LogP contribution in [0.2, 0.25) is 0 Å². The van der Waals surface area contributed by atoms with E-state index in [0.29, 0.717) is 0 Å². The lowest BCUT2D eigenvalue weighted by Crippen LogP contribution is -2.29. The molecule has 1 aliphatic heterocycles. The SMILES string of the molecule is Cc1cccc(-n2c(C)cc([C@@H]3[C@H](c4ccccn4)NC(=S)N3Cc3ccccc3)c2C)c1. The van der Waals surface area contributed by atoms with Crippen LogP contribution in [-0.4, -0.2) is 19.6 Å². The number of aryl methyl sites for hydroxylation is 2. The van der Waals surface area contributed by atoms with Crippen LogP contribution in [0.1, 0.15) is 45.9 Å². The lowest BCUT2D eigenvalue weighted by atomic mass is 9.96. The van der Waals surface area contributed by atoms with E-state index in [0.717, 1.165) is 17.4 Å². The predicted molar refractivity (Wildman–Crippen MR) is 137 cm³/mol. The third kappa shape index (κ3) is 4.05. The minimum Gasteiger partial charge on any atom is -0.352 e. The fourth-order valence-electron chi connectivity index (χ4n) is 4.95. The number of hydrogen-bond acceptors (Lipinski definition) is 2. The van der Waals surface area contributed by atoms with Gasteiger partial charge in [0.25, 0.3) is 0 Å². The molecular formula is C28H28N4S. The van der Waals surface area contributed by atoms with Crippen LogP contribution in [0.5, 0.6) is 0 Å². The number of nitrogens with one attached hydrogen (secondary N) is 1. The molecule has 166 valence electrons. The van der Waals surface area contributed by atoms with E-state index in [9.17, 15) is 0 Å². The van der Waals surface area contributed by atoms with E-state index >= 15 is 0 Å². The van der Waals surface area contributed by atoms with Gasteiger partial charge < -0.3 is 14.8 Å². The minimum atomic E-state index is -0.0196. The molecule has 2 aromatic carbocycles. The van der Waals surface area contributed by atoms with Crippen LogP contribution in [0.15, 0.2) is 85.1 Å². The van der Waals surface area contributed by atoms with Crippen LogP contribution in [0, 0.1) is 20.8 Å². The van der Waals surface area contributed by atoms with Crippen molar-refractivity contribution in [2.45, 2.75) is 39.4 Å². The normalized spacial score (nSPS) is 17.9. The summed E-state index contributed by atoms with van der Waals surface area (Å²) in [5.74, 6) is 0. The van der Waals surface area contributed by atoms with Gasteiger partial charge in [0.1, 0.15) is 0 Å². The fourth-order valence-corrected chi connectivity index (χ4v) is 5.25. The van der Waals surface area contributed by atoms with E-state index in [1.807, 2.05) is 24.4 Å². The summed E-state index contributed by atoms with van der Waals surface area (Å²) >= 11 is 5.87. The monoisotopic (exact) mass is 452 g/mol.